The van der Waals surface area contributed by atoms with Crippen LogP contribution in [0.3, 0.4) is 0 Å². The molecule has 0 aromatic carbocycles. The Hall–Kier alpha value is -1.33. The Morgan fingerprint density at radius 1 is 1.50 bits per heavy atom. The molecule has 5 nitrogen and oxygen atoms in total. The molecule has 0 aliphatic carbocycles. The lowest BCUT2D eigenvalue weighted by Gasteiger charge is -2.22. The van der Waals surface area contributed by atoms with Gasteiger partial charge in [0.1, 0.15) is 18.6 Å². The summed E-state index contributed by atoms with van der Waals surface area (Å²) in [6, 6.07) is 1.22. The maximum absolute atomic E-state index is 11.1. The van der Waals surface area contributed by atoms with Crippen molar-refractivity contribution in [2.45, 2.75) is 32.2 Å². The average Bonchev–Trinajstić information content (AvgIpc) is 2.32. The molecule has 1 aromatic rings. The minimum atomic E-state index is -0.464. The van der Waals surface area contributed by atoms with E-state index in [9.17, 15) is 4.79 Å². The first-order chi connectivity index (χ1) is 7.75. The SMILES string of the molecule is O=c1cc(CO[C@H]2CCCCO2)occ1O. The average molecular weight is 226 g/mol. The van der Waals surface area contributed by atoms with Crippen molar-refractivity contribution in [1.82, 2.24) is 0 Å². The van der Waals surface area contributed by atoms with Crippen molar-refractivity contribution in [2.24, 2.45) is 0 Å². The fourth-order valence-electron chi connectivity index (χ4n) is 1.54. The molecule has 16 heavy (non-hydrogen) atoms. The third kappa shape index (κ3) is 2.84. The summed E-state index contributed by atoms with van der Waals surface area (Å²) in [5.41, 5.74) is -0.464. The number of aromatic hydroxyl groups is 1. The zero-order valence-electron chi connectivity index (χ0n) is 8.85. The van der Waals surface area contributed by atoms with Crippen LogP contribution < -0.4 is 5.43 Å². The monoisotopic (exact) mass is 226 g/mol. The molecule has 1 fully saturated rings. The highest BCUT2D eigenvalue weighted by Crippen LogP contribution is 2.15. The van der Waals surface area contributed by atoms with Crippen molar-refractivity contribution in [1.29, 1.82) is 0 Å². The highest BCUT2D eigenvalue weighted by molar-refractivity contribution is 5.15. The van der Waals surface area contributed by atoms with Gasteiger partial charge in [-0.3, -0.25) is 4.79 Å². The molecule has 0 amide bonds. The van der Waals surface area contributed by atoms with E-state index in [0.29, 0.717) is 12.4 Å². The van der Waals surface area contributed by atoms with E-state index in [2.05, 4.69) is 0 Å². The van der Waals surface area contributed by atoms with Crippen LogP contribution in [0.4, 0.5) is 0 Å². The topological polar surface area (TPSA) is 68.9 Å². The Labute approximate surface area is 92.6 Å². The molecule has 1 atom stereocenters. The standard InChI is InChI=1S/C11H14O5/c12-9-5-8(15-7-10(9)13)6-16-11-3-1-2-4-14-11/h5,7,11,13H,1-4,6H2/t11-/m0/s1. The van der Waals surface area contributed by atoms with Crippen molar-refractivity contribution >= 4 is 0 Å². The van der Waals surface area contributed by atoms with Crippen LogP contribution in [-0.2, 0) is 16.1 Å². The smallest absolute Gasteiger partial charge is 0.226 e. The number of rotatable bonds is 3. The van der Waals surface area contributed by atoms with Gasteiger partial charge in [-0.15, -0.1) is 0 Å². The van der Waals surface area contributed by atoms with E-state index in [4.69, 9.17) is 19.0 Å². The summed E-state index contributed by atoms with van der Waals surface area (Å²) in [6.45, 7) is 0.893. The van der Waals surface area contributed by atoms with Gasteiger partial charge in [0.05, 0.1) is 0 Å². The van der Waals surface area contributed by atoms with Crippen molar-refractivity contribution in [3.63, 3.8) is 0 Å². The van der Waals surface area contributed by atoms with Crippen molar-refractivity contribution in [3.05, 3.63) is 28.3 Å². The normalized spacial score (nSPS) is 20.9. The fraction of sp³-hybridized carbons (Fsp3) is 0.545. The highest BCUT2D eigenvalue weighted by atomic mass is 16.7. The van der Waals surface area contributed by atoms with Crippen LogP contribution in [-0.4, -0.2) is 18.0 Å². The van der Waals surface area contributed by atoms with E-state index in [1.165, 1.54) is 6.07 Å². The van der Waals surface area contributed by atoms with Crippen molar-refractivity contribution < 1.29 is 19.0 Å². The Balaban J connectivity index is 1.88. The highest BCUT2D eigenvalue weighted by Gasteiger charge is 2.14. The molecule has 2 rings (SSSR count). The third-order valence-corrected chi connectivity index (χ3v) is 2.42. The van der Waals surface area contributed by atoms with E-state index in [-0.39, 0.29) is 12.9 Å². The van der Waals surface area contributed by atoms with E-state index in [1.54, 1.807) is 0 Å². The maximum atomic E-state index is 11.1. The number of hydrogen-bond acceptors (Lipinski definition) is 5. The largest absolute Gasteiger partial charge is 0.502 e. The van der Waals surface area contributed by atoms with Gasteiger partial charge in [0.15, 0.2) is 12.0 Å². The molecule has 0 spiro atoms. The molecule has 5 heteroatoms. The van der Waals surface area contributed by atoms with E-state index < -0.39 is 11.2 Å². The predicted octanol–water partition coefficient (Wildman–Crippen LogP) is 1.39. The number of hydrogen-bond donors (Lipinski definition) is 1. The Bertz CT molecular complexity index is 392. The van der Waals surface area contributed by atoms with Crippen LogP contribution in [0.15, 0.2) is 21.5 Å². The minimum Gasteiger partial charge on any atom is -0.502 e. The molecule has 1 aliphatic rings. The summed E-state index contributed by atoms with van der Waals surface area (Å²) in [5, 5.41) is 8.99. The second-order valence-electron chi connectivity index (χ2n) is 3.70. The van der Waals surface area contributed by atoms with Gasteiger partial charge in [0.2, 0.25) is 5.43 Å². The molecule has 88 valence electrons. The van der Waals surface area contributed by atoms with Crippen LogP contribution in [0.25, 0.3) is 0 Å². The van der Waals surface area contributed by atoms with Gasteiger partial charge >= 0.3 is 0 Å². The van der Waals surface area contributed by atoms with Gasteiger partial charge in [0, 0.05) is 12.7 Å². The van der Waals surface area contributed by atoms with Crippen LogP contribution in [0, 0.1) is 0 Å². The zero-order valence-corrected chi connectivity index (χ0v) is 8.85. The minimum absolute atomic E-state index is 0.181. The second kappa shape index (κ2) is 5.14. The van der Waals surface area contributed by atoms with Crippen LogP contribution >= 0.6 is 0 Å². The van der Waals surface area contributed by atoms with Gasteiger partial charge in [-0.2, -0.15) is 0 Å². The first-order valence-corrected chi connectivity index (χ1v) is 5.29. The quantitative estimate of drug-likeness (QED) is 0.843. The first-order valence-electron chi connectivity index (χ1n) is 5.29. The third-order valence-electron chi connectivity index (χ3n) is 2.42. The lowest BCUT2D eigenvalue weighted by Crippen LogP contribution is -2.22. The fourth-order valence-corrected chi connectivity index (χ4v) is 1.54. The zero-order chi connectivity index (χ0) is 11.4. The van der Waals surface area contributed by atoms with Crippen molar-refractivity contribution in [3.8, 4) is 5.75 Å². The van der Waals surface area contributed by atoms with Gasteiger partial charge in [0.25, 0.3) is 0 Å². The Kier molecular flexibility index (Phi) is 3.58. The molecule has 1 N–H and O–H groups in total. The summed E-state index contributed by atoms with van der Waals surface area (Å²) in [5.74, 6) is -0.00496. The summed E-state index contributed by atoms with van der Waals surface area (Å²) in [6.07, 6.45) is 3.82. The summed E-state index contributed by atoms with van der Waals surface area (Å²) < 4.78 is 15.8. The van der Waals surface area contributed by atoms with E-state index in [0.717, 1.165) is 25.5 Å². The molecule has 1 aliphatic heterocycles. The van der Waals surface area contributed by atoms with E-state index >= 15 is 0 Å². The Morgan fingerprint density at radius 2 is 2.38 bits per heavy atom. The lowest BCUT2D eigenvalue weighted by molar-refractivity contribution is -0.171. The van der Waals surface area contributed by atoms with E-state index in [1.807, 2.05) is 0 Å². The summed E-state index contributed by atoms with van der Waals surface area (Å²) in [7, 11) is 0. The van der Waals surface area contributed by atoms with Gasteiger partial charge in [-0.05, 0) is 19.3 Å². The van der Waals surface area contributed by atoms with Crippen molar-refractivity contribution in [2.75, 3.05) is 6.61 Å². The predicted molar refractivity (Wildman–Crippen MR) is 55.0 cm³/mol. The molecular formula is C11H14O5. The lowest BCUT2D eigenvalue weighted by atomic mass is 10.2. The van der Waals surface area contributed by atoms with Crippen LogP contribution in [0.1, 0.15) is 25.0 Å². The molecule has 0 saturated carbocycles. The van der Waals surface area contributed by atoms with Crippen LogP contribution in [0.5, 0.6) is 5.75 Å². The molecule has 0 bridgehead atoms. The summed E-state index contributed by atoms with van der Waals surface area (Å²) in [4.78, 5) is 11.1. The molecule has 1 saturated heterocycles. The second-order valence-corrected chi connectivity index (χ2v) is 3.70. The maximum Gasteiger partial charge on any atom is 0.226 e. The van der Waals surface area contributed by atoms with Gasteiger partial charge in [-0.25, -0.2) is 0 Å². The summed E-state index contributed by atoms with van der Waals surface area (Å²) >= 11 is 0. The molecule has 0 radical (unpaired) electrons. The number of ether oxygens (including phenoxy) is 2. The van der Waals surface area contributed by atoms with Gasteiger partial charge < -0.3 is 19.0 Å². The van der Waals surface area contributed by atoms with Crippen LogP contribution in [0.2, 0.25) is 0 Å². The Morgan fingerprint density at radius 3 is 3.06 bits per heavy atom. The first kappa shape index (κ1) is 11.2. The molecular weight excluding hydrogens is 212 g/mol. The van der Waals surface area contributed by atoms with Gasteiger partial charge in [-0.1, -0.05) is 0 Å². The molecule has 2 heterocycles. The molecule has 1 aromatic heterocycles. The molecule has 0 unspecified atom stereocenters.